The summed E-state index contributed by atoms with van der Waals surface area (Å²) in [5.41, 5.74) is 3.22. The monoisotopic (exact) mass is 453 g/mol. The molecule has 2 aliphatic heterocycles. The van der Waals surface area contributed by atoms with E-state index in [1.54, 1.807) is 22.9 Å². The van der Waals surface area contributed by atoms with Crippen molar-refractivity contribution in [3.63, 3.8) is 0 Å². The van der Waals surface area contributed by atoms with Crippen molar-refractivity contribution in [1.29, 1.82) is 0 Å². The van der Waals surface area contributed by atoms with Crippen molar-refractivity contribution < 1.29 is 18.7 Å². The molecular formula is C24H28FN5O3. The molecule has 2 fully saturated rings. The van der Waals surface area contributed by atoms with Crippen molar-refractivity contribution in [3.8, 4) is 11.5 Å². The third-order valence-electron chi connectivity index (χ3n) is 6.37. The van der Waals surface area contributed by atoms with E-state index in [9.17, 15) is 9.18 Å². The van der Waals surface area contributed by atoms with Gasteiger partial charge in [0.1, 0.15) is 17.2 Å². The molecule has 1 amide bonds. The summed E-state index contributed by atoms with van der Waals surface area (Å²) >= 11 is 0. The van der Waals surface area contributed by atoms with Crippen LogP contribution in [0.1, 0.15) is 37.9 Å². The normalized spacial score (nSPS) is 22.7. The Balaban J connectivity index is 1.33. The predicted molar refractivity (Wildman–Crippen MR) is 119 cm³/mol. The standard InChI is InChI=1S/C24H28FN5O3/c1-15-10-27-22(19-11-26-21-7-6-17(25)13-30(19)21)28-18(15)9-16-5-4-8-29(12-16)23(31)20-14-32-24(2,3)33-20/h6-7,10-11,13,16,20H,4-5,8-9,12,14H2,1-3H3/t16-,20+/m0/s1. The van der Waals surface area contributed by atoms with E-state index in [4.69, 9.17) is 14.5 Å². The Morgan fingerprint density at radius 1 is 1.27 bits per heavy atom. The molecule has 0 unspecified atom stereocenters. The lowest BCUT2D eigenvalue weighted by Gasteiger charge is -2.34. The minimum absolute atomic E-state index is 0.00173. The zero-order valence-electron chi connectivity index (χ0n) is 19.1. The molecule has 174 valence electrons. The summed E-state index contributed by atoms with van der Waals surface area (Å²) in [4.78, 5) is 28.5. The quantitative estimate of drug-likeness (QED) is 0.604. The lowest BCUT2D eigenvalue weighted by atomic mass is 9.92. The van der Waals surface area contributed by atoms with E-state index in [2.05, 4.69) is 9.97 Å². The van der Waals surface area contributed by atoms with Gasteiger partial charge in [-0.25, -0.2) is 19.3 Å². The number of amides is 1. The second-order valence-electron chi connectivity index (χ2n) is 9.36. The van der Waals surface area contributed by atoms with Crippen molar-refractivity contribution in [1.82, 2.24) is 24.3 Å². The highest BCUT2D eigenvalue weighted by molar-refractivity contribution is 5.81. The van der Waals surface area contributed by atoms with Gasteiger partial charge in [0.05, 0.1) is 12.8 Å². The Hall–Kier alpha value is -2.91. The highest BCUT2D eigenvalue weighted by Gasteiger charge is 2.39. The van der Waals surface area contributed by atoms with Gasteiger partial charge in [-0.2, -0.15) is 0 Å². The second kappa shape index (κ2) is 8.46. The number of hydrogen-bond acceptors (Lipinski definition) is 6. The molecule has 33 heavy (non-hydrogen) atoms. The number of aromatic nitrogens is 4. The van der Waals surface area contributed by atoms with Crippen molar-refractivity contribution in [2.45, 2.75) is 51.9 Å². The van der Waals surface area contributed by atoms with Crippen LogP contribution in [0.4, 0.5) is 4.39 Å². The van der Waals surface area contributed by atoms with Gasteiger partial charge in [-0.3, -0.25) is 9.20 Å². The fraction of sp³-hybridized carbons (Fsp3) is 0.500. The van der Waals surface area contributed by atoms with E-state index in [0.717, 1.165) is 37.1 Å². The number of likely N-dealkylation sites (tertiary alicyclic amines) is 1. The van der Waals surface area contributed by atoms with E-state index in [0.29, 0.717) is 36.2 Å². The second-order valence-corrected chi connectivity index (χ2v) is 9.36. The number of imidazole rings is 1. The molecule has 0 spiro atoms. The minimum atomic E-state index is -0.718. The molecule has 0 aromatic carbocycles. The molecule has 2 saturated heterocycles. The van der Waals surface area contributed by atoms with Gasteiger partial charge in [0.15, 0.2) is 17.7 Å². The van der Waals surface area contributed by atoms with E-state index >= 15 is 0 Å². The number of piperidine rings is 1. The number of hydrogen-bond donors (Lipinski definition) is 0. The maximum absolute atomic E-state index is 13.8. The van der Waals surface area contributed by atoms with Crippen LogP contribution in [0.3, 0.4) is 0 Å². The first kappa shape index (κ1) is 21.9. The lowest BCUT2D eigenvalue weighted by molar-refractivity contribution is -0.161. The smallest absolute Gasteiger partial charge is 0.254 e. The van der Waals surface area contributed by atoms with Crippen LogP contribution < -0.4 is 0 Å². The van der Waals surface area contributed by atoms with Crippen LogP contribution in [0.15, 0.2) is 30.7 Å². The first-order chi connectivity index (χ1) is 15.8. The van der Waals surface area contributed by atoms with Gasteiger partial charge in [-0.15, -0.1) is 0 Å². The van der Waals surface area contributed by atoms with Crippen LogP contribution in [0, 0.1) is 18.7 Å². The minimum Gasteiger partial charge on any atom is -0.347 e. The number of nitrogens with zero attached hydrogens (tertiary/aromatic N) is 5. The van der Waals surface area contributed by atoms with Crippen molar-refractivity contribution in [2.75, 3.05) is 19.7 Å². The van der Waals surface area contributed by atoms with Crippen molar-refractivity contribution >= 4 is 11.6 Å². The summed E-state index contributed by atoms with van der Waals surface area (Å²) in [5.74, 6) is -0.264. The zero-order valence-corrected chi connectivity index (χ0v) is 19.1. The molecule has 0 radical (unpaired) electrons. The topological polar surface area (TPSA) is 81.9 Å². The summed E-state index contributed by atoms with van der Waals surface area (Å²) in [6, 6.07) is 3.01. The molecule has 3 aromatic heterocycles. The SMILES string of the molecule is Cc1cnc(-c2cnc3ccc(F)cn23)nc1C[C@@H]1CCCN(C(=O)[C@H]2COC(C)(C)O2)C1. The van der Waals surface area contributed by atoms with E-state index in [-0.39, 0.29) is 11.7 Å². The molecule has 2 aliphatic rings. The summed E-state index contributed by atoms with van der Waals surface area (Å²) in [5, 5.41) is 0. The maximum atomic E-state index is 13.8. The molecule has 0 bridgehead atoms. The Kier molecular flexibility index (Phi) is 5.62. The summed E-state index contributed by atoms with van der Waals surface area (Å²) < 4.78 is 26.8. The van der Waals surface area contributed by atoms with Crippen LogP contribution >= 0.6 is 0 Å². The van der Waals surface area contributed by atoms with E-state index in [1.807, 2.05) is 25.7 Å². The third kappa shape index (κ3) is 4.47. The Labute approximate surface area is 191 Å². The highest BCUT2D eigenvalue weighted by atomic mass is 19.1. The fourth-order valence-corrected chi connectivity index (χ4v) is 4.65. The molecule has 9 heteroatoms. The van der Waals surface area contributed by atoms with Gasteiger partial charge in [0.25, 0.3) is 5.91 Å². The van der Waals surface area contributed by atoms with Crippen molar-refractivity contribution in [3.05, 3.63) is 47.8 Å². The largest absolute Gasteiger partial charge is 0.347 e. The number of carbonyl (C=O) groups excluding carboxylic acids is 1. The van der Waals surface area contributed by atoms with Gasteiger partial charge in [0.2, 0.25) is 0 Å². The molecule has 2 atom stereocenters. The number of fused-ring (bicyclic) bond motifs is 1. The van der Waals surface area contributed by atoms with E-state index < -0.39 is 11.9 Å². The highest BCUT2D eigenvalue weighted by Crippen LogP contribution is 2.27. The molecule has 5 heterocycles. The van der Waals surface area contributed by atoms with Gasteiger partial charge in [-0.05, 0) is 63.6 Å². The molecule has 0 saturated carbocycles. The van der Waals surface area contributed by atoms with Crippen LogP contribution in [-0.2, 0) is 20.7 Å². The number of rotatable bonds is 4. The van der Waals surface area contributed by atoms with Crippen LogP contribution in [0.2, 0.25) is 0 Å². The number of carbonyl (C=O) groups is 1. The number of pyridine rings is 1. The molecular weight excluding hydrogens is 425 g/mol. The molecule has 3 aromatic rings. The predicted octanol–water partition coefficient (Wildman–Crippen LogP) is 3.17. The third-order valence-corrected chi connectivity index (χ3v) is 6.37. The van der Waals surface area contributed by atoms with Gasteiger partial charge < -0.3 is 14.4 Å². The Bertz CT molecular complexity index is 1190. The molecule has 0 aliphatic carbocycles. The molecule has 5 rings (SSSR count). The summed E-state index contributed by atoms with van der Waals surface area (Å²) in [6.07, 6.45) is 7.02. The van der Waals surface area contributed by atoms with Crippen LogP contribution in [-0.4, -0.2) is 61.7 Å². The van der Waals surface area contributed by atoms with Gasteiger partial charge in [-0.1, -0.05) is 0 Å². The van der Waals surface area contributed by atoms with Crippen LogP contribution in [0.5, 0.6) is 0 Å². The summed E-state index contributed by atoms with van der Waals surface area (Å²) in [6.45, 7) is 7.33. The number of aryl methyl sites for hydroxylation is 1. The van der Waals surface area contributed by atoms with Gasteiger partial charge >= 0.3 is 0 Å². The van der Waals surface area contributed by atoms with Crippen molar-refractivity contribution in [2.24, 2.45) is 5.92 Å². The average molecular weight is 454 g/mol. The first-order valence-electron chi connectivity index (χ1n) is 11.3. The molecule has 8 nitrogen and oxygen atoms in total. The molecule has 0 N–H and O–H groups in total. The zero-order chi connectivity index (χ0) is 23.2. The van der Waals surface area contributed by atoms with E-state index in [1.165, 1.54) is 12.3 Å². The Morgan fingerprint density at radius 2 is 2.12 bits per heavy atom. The first-order valence-corrected chi connectivity index (χ1v) is 11.3. The lowest BCUT2D eigenvalue weighted by Crippen LogP contribution is -2.46. The average Bonchev–Trinajstić information content (AvgIpc) is 3.37. The van der Waals surface area contributed by atoms with Gasteiger partial charge in [0, 0.05) is 31.2 Å². The number of halogens is 1. The Morgan fingerprint density at radius 3 is 2.91 bits per heavy atom. The fourth-order valence-electron chi connectivity index (χ4n) is 4.65. The van der Waals surface area contributed by atoms with Crippen LogP contribution in [0.25, 0.3) is 17.2 Å². The maximum Gasteiger partial charge on any atom is 0.254 e. The number of ether oxygens (including phenoxy) is 2. The summed E-state index contributed by atoms with van der Waals surface area (Å²) in [7, 11) is 0.